The van der Waals surface area contributed by atoms with Gasteiger partial charge in [-0.3, -0.25) is 0 Å². The minimum absolute atomic E-state index is 0.500. The lowest BCUT2D eigenvalue weighted by Gasteiger charge is -2.43. The largest absolute Gasteiger partial charge is 0.0845 e. The zero-order chi connectivity index (χ0) is 18.2. The van der Waals surface area contributed by atoms with Crippen molar-refractivity contribution >= 4 is 0 Å². The van der Waals surface area contributed by atoms with Crippen LogP contribution in [-0.2, 0) is 0 Å². The fourth-order valence-electron chi connectivity index (χ4n) is 6.55. The average Bonchev–Trinajstić information content (AvgIpc) is 3.00. The molecule has 0 radical (unpaired) electrons. The first-order valence-electron chi connectivity index (χ1n) is 10.8. The van der Waals surface area contributed by atoms with Crippen molar-refractivity contribution in [2.24, 2.45) is 52.8 Å². The van der Waals surface area contributed by atoms with Crippen molar-refractivity contribution in [3.63, 3.8) is 0 Å². The van der Waals surface area contributed by atoms with E-state index in [-0.39, 0.29) is 0 Å². The lowest BCUT2D eigenvalue weighted by atomic mass is 9.62. The van der Waals surface area contributed by atoms with E-state index in [4.69, 9.17) is 0 Å². The molecule has 0 aromatic carbocycles. The minimum Gasteiger partial charge on any atom is -0.0845 e. The summed E-state index contributed by atoms with van der Waals surface area (Å²) in [4.78, 5) is 0. The number of allylic oxidation sites excluding steroid dienone is 2. The van der Waals surface area contributed by atoms with Crippen molar-refractivity contribution in [3.8, 4) is 0 Å². The van der Waals surface area contributed by atoms with Gasteiger partial charge in [-0.2, -0.15) is 0 Å². The molecule has 6 atom stereocenters. The first-order valence-corrected chi connectivity index (χ1v) is 10.8. The van der Waals surface area contributed by atoms with Crippen LogP contribution in [0.2, 0.25) is 0 Å². The summed E-state index contributed by atoms with van der Waals surface area (Å²) in [5, 5.41) is 0. The first-order chi connectivity index (χ1) is 11.1. The van der Waals surface area contributed by atoms with Gasteiger partial charge in [0.25, 0.3) is 0 Å². The second-order valence-corrected chi connectivity index (χ2v) is 10.7. The summed E-state index contributed by atoms with van der Waals surface area (Å²) in [6.45, 7) is 22.3. The molecule has 2 rings (SSSR count). The van der Waals surface area contributed by atoms with Gasteiger partial charge in [0.2, 0.25) is 0 Å². The monoisotopic (exact) mass is 332 g/mol. The Morgan fingerprint density at radius 2 is 1.62 bits per heavy atom. The molecule has 2 aliphatic rings. The van der Waals surface area contributed by atoms with Gasteiger partial charge >= 0.3 is 0 Å². The van der Waals surface area contributed by atoms with Crippen LogP contribution < -0.4 is 0 Å². The third-order valence-corrected chi connectivity index (χ3v) is 7.81. The molecule has 0 nitrogen and oxygen atoms in total. The SMILES string of the molecule is CC(C)CC(C)(C(C)C)C1CC(C2=CCC(C)C2C(C)C)CC1C. The summed E-state index contributed by atoms with van der Waals surface area (Å²) in [6.07, 6.45) is 8.23. The third-order valence-electron chi connectivity index (χ3n) is 7.81. The fraction of sp³-hybridized carbons (Fsp3) is 0.917. The van der Waals surface area contributed by atoms with E-state index >= 15 is 0 Å². The number of hydrogen-bond donors (Lipinski definition) is 0. The van der Waals surface area contributed by atoms with Crippen LogP contribution in [0.1, 0.15) is 88.0 Å². The molecule has 0 heterocycles. The highest BCUT2D eigenvalue weighted by Crippen LogP contribution is 2.56. The molecule has 0 spiro atoms. The molecule has 1 saturated carbocycles. The molecule has 0 aromatic heterocycles. The molecule has 0 heteroatoms. The topological polar surface area (TPSA) is 0 Å². The van der Waals surface area contributed by atoms with Gasteiger partial charge in [-0.15, -0.1) is 0 Å². The highest BCUT2D eigenvalue weighted by atomic mass is 14.5. The van der Waals surface area contributed by atoms with E-state index in [1.54, 1.807) is 0 Å². The second-order valence-electron chi connectivity index (χ2n) is 10.7. The van der Waals surface area contributed by atoms with E-state index in [1.165, 1.54) is 25.7 Å². The fourth-order valence-corrected chi connectivity index (χ4v) is 6.55. The molecular weight excluding hydrogens is 288 g/mol. The second kappa shape index (κ2) is 7.55. The normalized spacial score (nSPS) is 36.7. The predicted molar refractivity (Wildman–Crippen MR) is 108 cm³/mol. The molecule has 0 aromatic rings. The van der Waals surface area contributed by atoms with Gasteiger partial charge in [0.15, 0.2) is 0 Å². The van der Waals surface area contributed by atoms with Gasteiger partial charge in [-0.25, -0.2) is 0 Å². The standard InChI is InChI=1S/C24H44/c1-15(2)14-24(9,17(5)6)22-13-20(12-19(22)8)21-11-10-18(7)23(21)16(3)4/h11,15-20,22-23H,10,12-14H2,1-9H3. The smallest absolute Gasteiger partial charge is 0.0149 e. The number of rotatable bonds is 6. The molecule has 140 valence electrons. The van der Waals surface area contributed by atoms with Crippen LogP contribution in [-0.4, -0.2) is 0 Å². The molecule has 24 heavy (non-hydrogen) atoms. The lowest BCUT2D eigenvalue weighted by molar-refractivity contribution is 0.0600. The molecule has 1 fully saturated rings. The maximum atomic E-state index is 2.64. The molecular formula is C24H44. The maximum Gasteiger partial charge on any atom is -0.0149 e. The van der Waals surface area contributed by atoms with Crippen molar-refractivity contribution in [2.45, 2.75) is 88.0 Å². The van der Waals surface area contributed by atoms with Gasteiger partial charge < -0.3 is 0 Å². The highest BCUT2D eigenvalue weighted by molar-refractivity contribution is 5.21. The van der Waals surface area contributed by atoms with Crippen LogP contribution >= 0.6 is 0 Å². The first kappa shape index (κ1) is 20.1. The van der Waals surface area contributed by atoms with Crippen molar-refractivity contribution in [2.75, 3.05) is 0 Å². The van der Waals surface area contributed by atoms with Gasteiger partial charge in [-0.1, -0.05) is 74.0 Å². The van der Waals surface area contributed by atoms with Gasteiger partial charge in [0, 0.05) is 0 Å². The molecule has 0 N–H and O–H groups in total. The summed E-state index contributed by atoms with van der Waals surface area (Å²) in [5.41, 5.74) is 2.35. The van der Waals surface area contributed by atoms with Crippen molar-refractivity contribution in [1.82, 2.24) is 0 Å². The van der Waals surface area contributed by atoms with E-state index in [9.17, 15) is 0 Å². The van der Waals surface area contributed by atoms with Gasteiger partial charge in [0.1, 0.15) is 0 Å². The Balaban J connectivity index is 2.19. The van der Waals surface area contributed by atoms with Crippen molar-refractivity contribution < 1.29 is 0 Å². The predicted octanol–water partition coefficient (Wildman–Crippen LogP) is 7.60. The van der Waals surface area contributed by atoms with E-state index < -0.39 is 0 Å². The van der Waals surface area contributed by atoms with E-state index in [2.05, 4.69) is 68.4 Å². The van der Waals surface area contributed by atoms with Crippen LogP contribution in [0, 0.1) is 52.8 Å². The Hall–Kier alpha value is -0.260. The highest BCUT2D eigenvalue weighted by Gasteiger charge is 2.47. The van der Waals surface area contributed by atoms with E-state index in [0.717, 1.165) is 47.3 Å². The quantitative estimate of drug-likeness (QED) is 0.439. The third kappa shape index (κ3) is 3.78. The summed E-state index contributed by atoms with van der Waals surface area (Å²) in [6, 6.07) is 0. The summed E-state index contributed by atoms with van der Waals surface area (Å²) in [5.74, 6) is 6.74. The molecule has 2 aliphatic carbocycles. The van der Waals surface area contributed by atoms with Crippen LogP contribution in [0.4, 0.5) is 0 Å². The Labute approximate surface area is 152 Å². The summed E-state index contributed by atoms with van der Waals surface area (Å²) < 4.78 is 0. The van der Waals surface area contributed by atoms with Gasteiger partial charge in [0.05, 0.1) is 0 Å². The maximum absolute atomic E-state index is 2.64. The van der Waals surface area contributed by atoms with Crippen LogP contribution in [0.15, 0.2) is 11.6 Å². The van der Waals surface area contributed by atoms with E-state index in [0.29, 0.717) is 5.41 Å². The zero-order valence-electron chi connectivity index (χ0n) is 18.0. The summed E-state index contributed by atoms with van der Waals surface area (Å²) >= 11 is 0. The van der Waals surface area contributed by atoms with E-state index in [1.807, 2.05) is 5.57 Å². The van der Waals surface area contributed by atoms with Gasteiger partial charge in [-0.05, 0) is 78.4 Å². The molecule has 0 saturated heterocycles. The lowest BCUT2D eigenvalue weighted by Crippen LogP contribution is -2.36. The Kier molecular flexibility index (Phi) is 6.31. The molecule has 0 aliphatic heterocycles. The Morgan fingerprint density at radius 3 is 2.12 bits per heavy atom. The van der Waals surface area contributed by atoms with Crippen molar-refractivity contribution in [3.05, 3.63) is 11.6 Å². The molecule has 0 amide bonds. The van der Waals surface area contributed by atoms with Crippen LogP contribution in [0.5, 0.6) is 0 Å². The molecule has 0 bridgehead atoms. The Bertz CT molecular complexity index is 441. The molecule has 6 unspecified atom stereocenters. The van der Waals surface area contributed by atoms with Crippen LogP contribution in [0.3, 0.4) is 0 Å². The Morgan fingerprint density at radius 1 is 1.00 bits per heavy atom. The van der Waals surface area contributed by atoms with Crippen LogP contribution in [0.25, 0.3) is 0 Å². The minimum atomic E-state index is 0.500. The van der Waals surface area contributed by atoms with Crippen molar-refractivity contribution in [1.29, 1.82) is 0 Å². The number of hydrogen-bond acceptors (Lipinski definition) is 0. The summed E-state index contributed by atoms with van der Waals surface area (Å²) in [7, 11) is 0. The average molecular weight is 333 g/mol. The zero-order valence-corrected chi connectivity index (χ0v) is 18.0.